The van der Waals surface area contributed by atoms with Crippen LogP contribution >= 0.6 is 11.8 Å². The van der Waals surface area contributed by atoms with Gasteiger partial charge in [-0.15, -0.1) is 10.2 Å². The maximum Gasteiger partial charge on any atom is 0.277 e. The highest BCUT2D eigenvalue weighted by molar-refractivity contribution is 7.99. The highest BCUT2D eigenvalue weighted by Crippen LogP contribution is 2.36. The molecule has 0 radical (unpaired) electrons. The summed E-state index contributed by atoms with van der Waals surface area (Å²) in [6, 6.07) is 3.56. The fourth-order valence-electron chi connectivity index (χ4n) is 3.74. The van der Waals surface area contributed by atoms with Crippen molar-refractivity contribution in [3.8, 4) is 11.5 Å². The summed E-state index contributed by atoms with van der Waals surface area (Å²) in [5, 5.41) is 10.6. The Morgan fingerprint density at radius 3 is 2.82 bits per heavy atom. The Balaban J connectivity index is 1.46. The summed E-state index contributed by atoms with van der Waals surface area (Å²) in [5.41, 5.74) is -0.230. The van der Waals surface area contributed by atoms with Crippen LogP contribution in [0.3, 0.4) is 0 Å². The second kappa shape index (κ2) is 7.70. The monoisotopic (exact) mass is 401 g/mol. The third kappa shape index (κ3) is 3.51. The molecule has 0 unspecified atom stereocenters. The lowest BCUT2D eigenvalue weighted by Gasteiger charge is -2.47. The summed E-state index contributed by atoms with van der Waals surface area (Å²) < 4.78 is 5.57. The van der Waals surface area contributed by atoms with Gasteiger partial charge in [-0.05, 0) is 25.0 Å². The molecule has 0 aromatic carbocycles. The summed E-state index contributed by atoms with van der Waals surface area (Å²) >= 11 is 1.09. The summed E-state index contributed by atoms with van der Waals surface area (Å²) in [6.07, 6.45) is 7.15. The van der Waals surface area contributed by atoms with Crippen molar-refractivity contribution in [2.75, 3.05) is 12.3 Å². The number of hydrogen-bond acceptors (Lipinski definition) is 8. The number of piperazine rings is 1. The molecule has 1 N–H and O–H groups in total. The lowest BCUT2D eigenvalue weighted by Crippen LogP contribution is -2.69. The zero-order valence-electron chi connectivity index (χ0n) is 15.1. The SMILES string of the molecule is O=C1CN(C(=O)CSc2nnc(-c3cccnc3)o2)C2(CCCCC2)C(=O)N1. The van der Waals surface area contributed by atoms with Crippen molar-refractivity contribution in [2.24, 2.45) is 0 Å². The number of imide groups is 1. The first-order valence-electron chi connectivity index (χ1n) is 9.10. The van der Waals surface area contributed by atoms with E-state index in [4.69, 9.17) is 4.42 Å². The topological polar surface area (TPSA) is 118 Å². The number of aromatic nitrogens is 3. The van der Waals surface area contributed by atoms with E-state index < -0.39 is 11.4 Å². The molecule has 0 atom stereocenters. The van der Waals surface area contributed by atoms with E-state index >= 15 is 0 Å². The van der Waals surface area contributed by atoms with Crippen LogP contribution in [0.5, 0.6) is 0 Å². The Labute approximate surface area is 165 Å². The van der Waals surface area contributed by atoms with Gasteiger partial charge >= 0.3 is 0 Å². The third-order valence-electron chi connectivity index (χ3n) is 5.11. The molecule has 28 heavy (non-hydrogen) atoms. The molecule has 2 aromatic rings. The van der Waals surface area contributed by atoms with E-state index in [-0.39, 0.29) is 29.3 Å². The lowest BCUT2D eigenvalue weighted by molar-refractivity contribution is -0.158. The van der Waals surface area contributed by atoms with Gasteiger partial charge in [0.1, 0.15) is 12.1 Å². The van der Waals surface area contributed by atoms with Gasteiger partial charge in [0.2, 0.25) is 17.7 Å². The molecule has 1 saturated heterocycles. The fraction of sp³-hybridized carbons (Fsp3) is 0.444. The number of nitrogens with one attached hydrogen (secondary N) is 1. The minimum absolute atomic E-state index is 0.0109. The van der Waals surface area contributed by atoms with Crippen molar-refractivity contribution < 1.29 is 18.8 Å². The number of rotatable bonds is 4. The van der Waals surface area contributed by atoms with E-state index in [1.165, 1.54) is 4.90 Å². The van der Waals surface area contributed by atoms with Crippen LogP contribution in [0.15, 0.2) is 34.2 Å². The molecule has 2 fully saturated rings. The van der Waals surface area contributed by atoms with Gasteiger partial charge in [0.15, 0.2) is 0 Å². The number of pyridine rings is 1. The van der Waals surface area contributed by atoms with Crippen molar-refractivity contribution in [1.29, 1.82) is 0 Å². The highest BCUT2D eigenvalue weighted by atomic mass is 32.2. The first kappa shape index (κ1) is 18.6. The van der Waals surface area contributed by atoms with E-state index in [2.05, 4.69) is 20.5 Å². The number of amides is 3. The highest BCUT2D eigenvalue weighted by Gasteiger charge is 2.50. The Hall–Kier alpha value is -2.75. The van der Waals surface area contributed by atoms with E-state index in [0.717, 1.165) is 31.0 Å². The molecule has 3 amide bonds. The molecule has 146 valence electrons. The molecule has 1 aliphatic heterocycles. The van der Waals surface area contributed by atoms with Gasteiger partial charge < -0.3 is 9.32 Å². The predicted octanol–water partition coefficient (Wildman–Crippen LogP) is 1.41. The molecule has 1 saturated carbocycles. The normalized spacial score (nSPS) is 18.9. The van der Waals surface area contributed by atoms with E-state index in [1.54, 1.807) is 24.5 Å². The molecule has 1 spiro atoms. The average Bonchev–Trinajstić information content (AvgIpc) is 3.20. The second-order valence-electron chi connectivity index (χ2n) is 6.85. The van der Waals surface area contributed by atoms with Crippen LogP contribution in [0, 0.1) is 0 Å². The molecule has 2 aliphatic rings. The molecule has 9 nitrogen and oxygen atoms in total. The molecular formula is C18H19N5O4S. The van der Waals surface area contributed by atoms with Gasteiger partial charge in [-0.2, -0.15) is 0 Å². The van der Waals surface area contributed by atoms with Crippen LogP contribution in [0.25, 0.3) is 11.5 Å². The zero-order chi connectivity index (χ0) is 19.6. The van der Waals surface area contributed by atoms with Gasteiger partial charge in [-0.3, -0.25) is 24.7 Å². The first-order valence-corrected chi connectivity index (χ1v) is 10.1. The van der Waals surface area contributed by atoms with Crippen LogP contribution in [0.2, 0.25) is 0 Å². The first-order chi connectivity index (χ1) is 13.6. The molecular weight excluding hydrogens is 382 g/mol. The van der Waals surface area contributed by atoms with Crippen LogP contribution in [0.4, 0.5) is 0 Å². The van der Waals surface area contributed by atoms with Crippen LogP contribution < -0.4 is 5.32 Å². The van der Waals surface area contributed by atoms with E-state index in [9.17, 15) is 14.4 Å². The van der Waals surface area contributed by atoms with E-state index in [1.807, 2.05) is 0 Å². The summed E-state index contributed by atoms with van der Waals surface area (Å²) in [4.78, 5) is 42.8. The maximum absolute atomic E-state index is 12.9. The third-order valence-corrected chi connectivity index (χ3v) is 5.91. The Morgan fingerprint density at radius 1 is 1.25 bits per heavy atom. The van der Waals surface area contributed by atoms with Crippen LogP contribution in [0.1, 0.15) is 32.1 Å². The van der Waals surface area contributed by atoms with Crippen molar-refractivity contribution in [3.63, 3.8) is 0 Å². The number of carbonyl (C=O) groups is 3. The summed E-state index contributed by atoms with van der Waals surface area (Å²) in [7, 11) is 0. The molecule has 3 heterocycles. The maximum atomic E-state index is 12.9. The van der Waals surface area contributed by atoms with Gasteiger partial charge in [0.25, 0.3) is 11.1 Å². The van der Waals surface area contributed by atoms with E-state index in [0.29, 0.717) is 24.3 Å². The number of nitrogens with zero attached hydrogens (tertiary/aromatic N) is 4. The largest absolute Gasteiger partial charge is 0.411 e. The standard InChI is InChI=1S/C18H19N5O4S/c24-13-10-23(18(16(26)20-13)6-2-1-3-7-18)14(25)11-28-17-22-21-15(27-17)12-5-4-8-19-9-12/h4-5,8-9H,1-3,6-7,10-11H2,(H,20,24,26). The summed E-state index contributed by atoms with van der Waals surface area (Å²) in [5.74, 6) is -0.762. The summed E-state index contributed by atoms with van der Waals surface area (Å²) in [6.45, 7) is -0.101. The predicted molar refractivity (Wildman–Crippen MR) is 98.9 cm³/mol. The van der Waals surface area contributed by atoms with Crippen molar-refractivity contribution >= 4 is 29.5 Å². The van der Waals surface area contributed by atoms with Crippen LogP contribution in [-0.4, -0.2) is 55.6 Å². The van der Waals surface area contributed by atoms with Gasteiger partial charge in [-0.25, -0.2) is 0 Å². The van der Waals surface area contributed by atoms with Gasteiger partial charge in [-0.1, -0.05) is 31.0 Å². The number of thioether (sulfide) groups is 1. The Morgan fingerprint density at radius 2 is 2.07 bits per heavy atom. The van der Waals surface area contributed by atoms with Gasteiger partial charge in [0, 0.05) is 12.4 Å². The number of carbonyl (C=O) groups excluding carboxylic acids is 3. The second-order valence-corrected chi connectivity index (χ2v) is 7.78. The van der Waals surface area contributed by atoms with Crippen molar-refractivity contribution in [1.82, 2.24) is 25.4 Å². The number of hydrogen-bond donors (Lipinski definition) is 1. The average molecular weight is 401 g/mol. The smallest absolute Gasteiger partial charge is 0.277 e. The van der Waals surface area contributed by atoms with Crippen LogP contribution in [-0.2, 0) is 14.4 Å². The quantitative estimate of drug-likeness (QED) is 0.603. The minimum atomic E-state index is -0.917. The Bertz CT molecular complexity index is 894. The van der Waals surface area contributed by atoms with Crippen molar-refractivity contribution in [3.05, 3.63) is 24.5 Å². The molecule has 1 aliphatic carbocycles. The molecule has 4 rings (SSSR count). The van der Waals surface area contributed by atoms with Gasteiger partial charge in [0.05, 0.1) is 11.3 Å². The zero-order valence-corrected chi connectivity index (χ0v) is 15.9. The van der Waals surface area contributed by atoms with Crippen molar-refractivity contribution in [2.45, 2.75) is 42.9 Å². The fourth-order valence-corrected chi connectivity index (χ4v) is 4.38. The molecule has 2 aromatic heterocycles. The Kier molecular flexibility index (Phi) is 5.12. The molecule has 10 heteroatoms. The minimum Gasteiger partial charge on any atom is -0.411 e. The molecule has 0 bridgehead atoms. The lowest BCUT2D eigenvalue weighted by atomic mass is 9.78.